The van der Waals surface area contributed by atoms with Gasteiger partial charge in [-0.15, -0.1) is 0 Å². The number of nitriles is 2. The van der Waals surface area contributed by atoms with Crippen molar-refractivity contribution in [2.75, 3.05) is 5.73 Å². The molecular formula is C18H17N5OS. The fraction of sp³-hybridized carbons (Fsp3) is 0.222. The van der Waals surface area contributed by atoms with E-state index in [9.17, 15) is 10.1 Å². The Morgan fingerprint density at radius 2 is 1.92 bits per heavy atom. The van der Waals surface area contributed by atoms with Crippen LogP contribution in [0.15, 0.2) is 35.4 Å². The van der Waals surface area contributed by atoms with Crippen LogP contribution in [-0.4, -0.2) is 16.1 Å². The van der Waals surface area contributed by atoms with Crippen LogP contribution in [0.1, 0.15) is 29.2 Å². The molecule has 126 valence electrons. The first-order valence-electron chi connectivity index (χ1n) is 7.55. The lowest BCUT2D eigenvalue weighted by Gasteiger charge is -2.13. The number of anilines is 1. The third-order valence-electron chi connectivity index (χ3n) is 3.50. The van der Waals surface area contributed by atoms with Crippen LogP contribution in [0.4, 0.5) is 5.82 Å². The van der Waals surface area contributed by atoms with Gasteiger partial charge in [-0.2, -0.15) is 10.5 Å². The molecule has 1 atom stereocenters. The number of rotatable bonds is 5. The molecule has 2 aromatic rings. The Kier molecular flexibility index (Phi) is 5.99. The van der Waals surface area contributed by atoms with Crippen molar-refractivity contribution in [3.05, 3.63) is 52.6 Å². The van der Waals surface area contributed by atoms with Crippen molar-refractivity contribution in [2.45, 2.75) is 30.7 Å². The highest BCUT2D eigenvalue weighted by Gasteiger charge is 2.18. The molecule has 0 aliphatic heterocycles. The van der Waals surface area contributed by atoms with Crippen molar-refractivity contribution in [1.82, 2.24) is 10.3 Å². The number of nitrogen functional groups attached to an aromatic ring is 1. The van der Waals surface area contributed by atoms with Crippen LogP contribution in [0.5, 0.6) is 0 Å². The minimum absolute atomic E-state index is 0.0521. The summed E-state index contributed by atoms with van der Waals surface area (Å²) in [5.41, 5.74) is 8.25. The highest BCUT2D eigenvalue weighted by Crippen LogP contribution is 2.27. The van der Waals surface area contributed by atoms with E-state index in [1.54, 1.807) is 6.92 Å². The Morgan fingerprint density at radius 3 is 2.52 bits per heavy atom. The van der Waals surface area contributed by atoms with E-state index in [1.807, 2.05) is 43.3 Å². The third kappa shape index (κ3) is 4.72. The van der Waals surface area contributed by atoms with Crippen molar-refractivity contribution in [3.63, 3.8) is 0 Å². The van der Waals surface area contributed by atoms with Gasteiger partial charge in [0.15, 0.2) is 0 Å². The maximum atomic E-state index is 12.3. The number of nitrogens with zero attached hydrogens (tertiary/aromatic N) is 3. The van der Waals surface area contributed by atoms with E-state index in [-0.39, 0.29) is 22.9 Å². The van der Waals surface area contributed by atoms with E-state index >= 15 is 0 Å². The van der Waals surface area contributed by atoms with E-state index in [1.165, 1.54) is 6.07 Å². The molecule has 2 rings (SSSR count). The number of benzene rings is 1. The van der Waals surface area contributed by atoms with Gasteiger partial charge in [-0.05, 0) is 25.5 Å². The first-order valence-corrected chi connectivity index (χ1v) is 8.43. The zero-order valence-corrected chi connectivity index (χ0v) is 14.7. The minimum Gasteiger partial charge on any atom is -0.383 e. The monoisotopic (exact) mass is 351 g/mol. The Morgan fingerprint density at radius 1 is 1.28 bits per heavy atom. The normalized spacial score (nSPS) is 11.2. The summed E-state index contributed by atoms with van der Waals surface area (Å²) in [4.78, 5) is 16.3. The van der Waals surface area contributed by atoms with E-state index in [4.69, 9.17) is 11.0 Å². The van der Waals surface area contributed by atoms with Crippen LogP contribution in [0.2, 0.25) is 0 Å². The molecule has 7 heteroatoms. The van der Waals surface area contributed by atoms with Gasteiger partial charge in [0.25, 0.3) is 0 Å². The molecule has 0 saturated heterocycles. The summed E-state index contributed by atoms with van der Waals surface area (Å²) in [5.74, 6) is -0.115. The zero-order chi connectivity index (χ0) is 18.4. The van der Waals surface area contributed by atoms with Gasteiger partial charge in [-0.3, -0.25) is 4.79 Å². The number of thioether (sulfide) groups is 1. The SMILES string of the molecule is Cc1ccc(CNC(=O)[C@@H](C)Sc2nc(N)c(C#N)cc2C#N)cc1. The molecule has 25 heavy (non-hydrogen) atoms. The van der Waals surface area contributed by atoms with Crippen LogP contribution < -0.4 is 11.1 Å². The molecule has 1 aromatic heterocycles. The van der Waals surface area contributed by atoms with Crippen molar-refractivity contribution >= 4 is 23.5 Å². The van der Waals surface area contributed by atoms with Gasteiger partial charge in [0.2, 0.25) is 5.91 Å². The van der Waals surface area contributed by atoms with Gasteiger partial charge in [-0.25, -0.2) is 4.98 Å². The standard InChI is InChI=1S/C18H17N5OS/c1-11-3-5-13(6-4-11)10-22-17(24)12(2)25-18-15(9-20)7-14(8-19)16(21)23-18/h3-7,12H,10H2,1-2H3,(H2,21,23)(H,22,24)/t12-/m1/s1. The summed E-state index contributed by atoms with van der Waals surface area (Å²) in [5, 5.41) is 20.9. The van der Waals surface area contributed by atoms with Gasteiger partial charge in [0.05, 0.1) is 16.4 Å². The first-order chi connectivity index (χ1) is 11.9. The Bertz CT molecular complexity index is 865. The second-order valence-electron chi connectivity index (χ2n) is 5.46. The highest BCUT2D eigenvalue weighted by molar-refractivity contribution is 8.00. The van der Waals surface area contributed by atoms with Crippen LogP contribution in [0.3, 0.4) is 0 Å². The maximum absolute atomic E-state index is 12.3. The minimum atomic E-state index is -0.461. The quantitative estimate of drug-likeness (QED) is 0.800. The molecule has 3 N–H and O–H groups in total. The summed E-state index contributed by atoms with van der Waals surface area (Å²) in [7, 11) is 0. The van der Waals surface area contributed by atoms with Crippen molar-refractivity contribution in [2.24, 2.45) is 0 Å². The summed E-state index contributed by atoms with van der Waals surface area (Å²) in [6.07, 6.45) is 0. The van der Waals surface area contributed by atoms with E-state index in [0.29, 0.717) is 11.6 Å². The van der Waals surface area contributed by atoms with Gasteiger partial charge in [0, 0.05) is 6.54 Å². The van der Waals surface area contributed by atoms with Crippen LogP contribution in [0.25, 0.3) is 0 Å². The average molecular weight is 351 g/mol. The van der Waals surface area contributed by atoms with Gasteiger partial charge in [0.1, 0.15) is 23.0 Å². The largest absolute Gasteiger partial charge is 0.383 e. The molecule has 0 radical (unpaired) electrons. The van der Waals surface area contributed by atoms with E-state index in [0.717, 1.165) is 22.9 Å². The maximum Gasteiger partial charge on any atom is 0.233 e. The second kappa shape index (κ2) is 8.18. The van der Waals surface area contributed by atoms with Gasteiger partial charge in [-0.1, -0.05) is 41.6 Å². The molecular weight excluding hydrogens is 334 g/mol. The molecule has 0 saturated carbocycles. The predicted molar refractivity (Wildman–Crippen MR) is 96.4 cm³/mol. The number of carbonyl (C=O) groups is 1. The number of amides is 1. The highest BCUT2D eigenvalue weighted by atomic mass is 32.2. The van der Waals surface area contributed by atoms with Gasteiger partial charge < -0.3 is 11.1 Å². The lowest BCUT2D eigenvalue weighted by Crippen LogP contribution is -2.30. The molecule has 1 heterocycles. The summed E-state index contributed by atoms with van der Waals surface area (Å²) < 4.78 is 0. The number of hydrogen-bond acceptors (Lipinski definition) is 6. The van der Waals surface area contributed by atoms with Gasteiger partial charge >= 0.3 is 0 Å². The molecule has 1 amide bonds. The number of pyridine rings is 1. The number of aryl methyl sites for hydroxylation is 1. The molecule has 0 spiro atoms. The molecule has 1 aromatic carbocycles. The van der Waals surface area contributed by atoms with E-state index < -0.39 is 5.25 Å². The molecule has 0 fully saturated rings. The molecule has 0 unspecified atom stereocenters. The number of nitrogens with two attached hydrogens (primary N) is 1. The Balaban J connectivity index is 2.04. The predicted octanol–water partition coefficient (Wildman–Crippen LogP) is 2.51. The van der Waals surface area contributed by atoms with Crippen molar-refractivity contribution in [3.8, 4) is 12.1 Å². The topological polar surface area (TPSA) is 116 Å². The number of carbonyl (C=O) groups excluding carboxylic acids is 1. The van der Waals surface area contributed by atoms with Crippen LogP contribution in [0, 0.1) is 29.6 Å². The lowest BCUT2D eigenvalue weighted by atomic mass is 10.1. The molecule has 6 nitrogen and oxygen atoms in total. The third-order valence-corrected chi connectivity index (χ3v) is 4.61. The van der Waals surface area contributed by atoms with Crippen molar-refractivity contribution in [1.29, 1.82) is 10.5 Å². The summed E-state index contributed by atoms with van der Waals surface area (Å²) in [6, 6.07) is 13.2. The van der Waals surface area contributed by atoms with Crippen molar-refractivity contribution < 1.29 is 4.79 Å². The fourth-order valence-electron chi connectivity index (χ4n) is 2.03. The summed E-state index contributed by atoms with van der Waals surface area (Å²) in [6.45, 7) is 4.16. The lowest BCUT2D eigenvalue weighted by molar-refractivity contribution is -0.120. The van der Waals surface area contributed by atoms with E-state index in [2.05, 4.69) is 10.3 Å². The first kappa shape index (κ1) is 18.3. The smallest absolute Gasteiger partial charge is 0.233 e. The zero-order valence-electron chi connectivity index (χ0n) is 13.9. The van der Waals surface area contributed by atoms with Crippen LogP contribution >= 0.6 is 11.8 Å². The Labute approximate surface area is 150 Å². The average Bonchev–Trinajstić information content (AvgIpc) is 2.61. The fourth-order valence-corrected chi connectivity index (χ4v) is 2.94. The van der Waals surface area contributed by atoms with Crippen LogP contribution in [-0.2, 0) is 11.3 Å². The molecule has 0 aliphatic rings. The number of hydrogen-bond donors (Lipinski definition) is 2. The Hall–Kier alpha value is -3.03. The number of nitrogens with one attached hydrogen (secondary N) is 1. The second-order valence-corrected chi connectivity index (χ2v) is 6.79. The molecule has 0 bridgehead atoms. The summed E-state index contributed by atoms with van der Waals surface area (Å²) >= 11 is 1.14. The molecule has 0 aliphatic carbocycles. The number of aromatic nitrogens is 1.